The molecule has 0 radical (unpaired) electrons. The summed E-state index contributed by atoms with van der Waals surface area (Å²) in [5.74, 6) is 0.411. The molecule has 1 heterocycles. The molecule has 0 unspecified atom stereocenters. The first-order chi connectivity index (χ1) is 7.66. The molecular weight excluding hydrogens is 201 g/mol. The third-order valence-electron chi connectivity index (χ3n) is 3.33. The molecule has 0 aliphatic carbocycles. The Morgan fingerprint density at radius 3 is 2.56 bits per heavy atom. The van der Waals surface area contributed by atoms with Crippen molar-refractivity contribution in [3.8, 4) is 0 Å². The molecule has 0 atom stereocenters. The fraction of sp³-hybridized carbons (Fsp3) is 0.571. The van der Waals surface area contributed by atoms with E-state index < -0.39 is 0 Å². The fourth-order valence-corrected chi connectivity index (χ4v) is 2.26. The zero-order valence-electron chi connectivity index (χ0n) is 10.2. The number of hydrogen-bond donors (Lipinski definition) is 0. The molecule has 88 valence electrons. The van der Waals surface area contributed by atoms with Crippen molar-refractivity contribution in [1.29, 1.82) is 0 Å². The van der Waals surface area contributed by atoms with E-state index in [0.717, 1.165) is 25.2 Å². The van der Waals surface area contributed by atoms with Crippen LogP contribution >= 0.6 is 0 Å². The monoisotopic (exact) mass is 221 g/mol. The molecular formula is C14H20FN. The Hall–Kier alpha value is -0.890. The van der Waals surface area contributed by atoms with Crippen LogP contribution in [0.4, 0.5) is 4.39 Å². The molecule has 1 fully saturated rings. The van der Waals surface area contributed by atoms with Gasteiger partial charge in [0, 0.05) is 12.1 Å². The molecule has 1 aliphatic heterocycles. The lowest BCUT2D eigenvalue weighted by Gasteiger charge is -2.16. The molecule has 0 N–H and O–H groups in total. The van der Waals surface area contributed by atoms with E-state index in [4.69, 9.17) is 0 Å². The van der Waals surface area contributed by atoms with Crippen LogP contribution in [-0.4, -0.2) is 18.0 Å². The van der Waals surface area contributed by atoms with Gasteiger partial charge < -0.3 is 0 Å². The minimum atomic E-state index is -0.0590. The van der Waals surface area contributed by atoms with Crippen molar-refractivity contribution in [2.75, 3.05) is 13.1 Å². The maximum absolute atomic E-state index is 13.7. The lowest BCUT2D eigenvalue weighted by Crippen LogP contribution is -2.19. The SMILES string of the molecule is CC(C)c1ccc(F)c(CN2CCCC2)c1. The summed E-state index contributed by atoms with van der Waals surface area (Å²) in [6.45, 7) is 7.29. The summed E-state index contributed by atoms with van der Waals surface area (Å²) in [4.78, 5) is 2.34. The molecule has 1 aliphatic rings. The van der Waals surface area contributed by atoms with E-state index in [9.17, 15) is 4.39 Å². The van der Waals surface area contributed by atoms with E-state index in [1.807, 2.05) is 12.1 Å². The minimum absolute atomic E-state index is 0.0590. The third kappa shape index (κ3) is 2.62. The minimum Gasteiger partial charge on any atom is -0.299 e. The van der Waals surface area contributed by atoms with Crippen LogP contribution in [0.5, 0.6) is 0 Å². The van der Waals surface area contributed by atoms with E-state index >= 15 is 0 Å². The number of benzene rings is 1. The van der Waals surface area contributed by atoms with Crippen molar-refractivity contribution in [3.05, 3.63) is 35.1 Å². The first kappa shape index (κ1) is 11.6. The van der Waals surface area contributed by atoms with Crippen molar-refractivity contribution < 1.29 is 4.39 Å². The summed E-state index contributed by atoms with van der Waals surface area (Å²) in [7, 11) is 0. The molecule has 0 aromatic heterocycles. The first-order valence-electron chi connectivity index (χ1n) is 6.17. The highest BCUT2D eigenvalue weighted by molar-refractivity contribution is 5.27. The fourth-order valence-electron chi connectivity index (χ4n) is 2.26. The van der Waals surface area contributed by atoms with Gasteiger partial charge in [0.05, 0.1) is 0 Å². The Morgan fingerprint density at radius 2 is 1.94 bits per heavy atom. The molecule has 2 rings (SSSR count). The highest BCUT2D eigenvalue weighted by Gasteiger charge is 2.14. The van der Waals surface area contributed by atoms with E-state index in [0.29, 0.717) is 5.92 Å². The van der Waals surface area contributed by atoms with E-state index in [2.05, 4.69) is 18.7 Å². The third-order valence-corrected chi connectivity index (χ3v) is 3.33. The highest BCUT2D eigenvalue weighted by Crippen LogP contribution is 2.20. The van der Waals surface area contributed by atoms with Gasteiger partial charge in [-0.15, -0.1) is 0 Å². The summed E-state index contributed by atoms with van der Waals surface area (Å²) in [6.07, 6.45) is 2.51. The summed E-state index contributed by atoms with van der Waals surface area (Å²) in [5, 5.41) is 0. The summed E-state index contributed by atoms with van der Waals surface area (Å²) in [6, 6.07) is 5.53. The van der Waals surface area contributed by atoms with Crippen LogP contribution in [0, 0.1) is 5.82 Å². The molecule has 1 nitrogen and oxygen atoms in total. The molecule has 16 heavy (non-hydrogen) atoms. The normalized spacial score (nSPS) is 17.2. The van der Waals surface area contributed by atoms with Crippen molar-refractivity contribution in [3.63, 3.8) is 0 Å². The van der Waals surface area contributed by atoms with Gasteiger partial charge in [-0.25, -0.2) is 4.39 Å². The smallest absolute Gasteiger partial charge is 0.127 e. The van der Waals surface area contributed by atoms with Crippen molar-refractivity contribution in [2.45, 2.75) is 39.2 Å². The molecule has 1 saturated heterocycles. The molecule has 0 spiro atoms. The number of likely N-dealkylation sites (tertiary alicyclic amines) is 1. The highest BCUT2D eigenvalue weighted by atomic mass is 19.1. The van der Waals surface area contributed by atoms with Gasteiger partial charge in [0.1, 0.15) is 5.82 Å². The van der Waals surface area contributed by atoms with Crippen molar-refractivity contribution >= 4 is 0 Å². The molecule has 1 aromatic rings. The molecule has 2 heteroatoms. The van der Waals surface area contributed by atoms with Gasteiger partial charge >= 0.3 is 0 Å². The molecule has 0 amide bonds. The Labute approximate surface area is 97.3 Å². The van der Waals surface area contributed by atoms with Crippen molar-refractivity contribution in [2.24, 2.45) is 0 Å². The summed E-state index contributed by atoms with van der Waals surface area (Å²) >= 11 is 0. The average Bonchev–Trinajstić information content (AvgIpc) is 2.73. The summed E-state index contributed by atoms with van der Waals surface area (Å²) in [5.41, 5.74) is 2.09. The zero-order valence-corrected chi connectivity index (χ0v) is 10.2. The zero-order chi connectivity index (χ0) is 11.5. The van der Waals surface area contributed by atoms with Gasteiger partial charge in [0.15, 0.2) is 0 Å². The Kier molecular flexibility index (Phi) is 3.59. The van der Waals surface area contributed by atoms with Gasteiger partial charge in [-0.1, -0.05) is 26.0 Å². The van der Waals surface area contributed by atoms with Crippen molar-refractivity contribution in [1.82, 2.24) is 4.90 Å². The predicted molar refractivity (Wildman–Crippen MR) is 65.0 cm³/mol. The van der Waals surface area contributed by atoms with Gasteiger partial charge in [-0.05, 0) is 43.5 Å². The Balaban J connectivity index is 2.14. The predicted octanol–water partition coefficient (Wildman–Crippen LogP) is 3.54. The maximum atomic E-state index is 13.7. The first-order valence-corrected chi connectivity index (χ1v) is 6.17. The quantitative estimate of drug-likeness (QED) is 0.754. The number of nitrogens with zero attached hydrogens (tertiary/aromatic N) is 1. The second kappa shape index (κ2) is 4.96. The van der Waals surface area contributed by atoms with Gasteiger partial charge in [0.2, 0.25) is 0 Å². The Bertz CT molecular complexity index is 354. The van der Waals surface area contributed by atoms with Crippen LogP contribution in [-0.2, 0) is 6.54 Å². The van der Waals surface area contributed by atoms with Gasteiger partial charge in [-0.3, -0.25) is 4.90 Å². The Morgan fingerprint density at radius 1 is 1.25 bits per heavy atom. The second-order valence-corrected chi connectivity index (χ2v) is 4.99. The largest absolute Gasteiger partial charge is 0.299 e. The number of rotatable bonds is 3. The van der Waals surface area contributed by atoms with Gasteiger partial charge in [0.25, 0.3) is 0 Å². The van der Waals surface area contributed by atoms with Crippen LogP contribution in [0.25, 0.3) is 0 Å². The van der Waals surface area contributed by atoms with Crippen LogP contribution in [0.15, 0.2) is 18.2 Å². The topological polar surface area (TPSA) is 3.24 Å². The van der Waals surface area contributed by atoms with E-state index in [1.165, 1.54) is 18.4 Å². The van der Waals surface area contributed by atoms with Crippen LogP contribution < -0.4 is 0 Å². The molecule has 0 saturated carbocycles. The van der Waals surface area contributed by atoms with E-state index in [1.54, 1.807) is 6.07 Å². The average molecular weight is 221 g/mol. The number of hydrogen-bond acceptors (Lipinski definition) is 1. The molecule has 0 bridgehead atoms. The van der Waals surface area contributed by atoms with Crippen LogP contribution in [0.3, 0.4) is 0 Å². The number of halogens is 1. The standard InChI is InChI=1S/C14H20FN/c1-11(2)12-5-6-14(15)13(9-12)10-16-7-3-4-8-16/h5-6,9,11H,3-4,7-8,10H2,1-2H3. The van der Waals surface area contributed by atoms with Gasteiger partial charge in [-0.2, -0.15) is 0 Å². The summed E-state index contributed by atoms with van der Waals surface area (Å²) < 4.78 is 13.7. The van der Waals surface area contributed by atoms with Crippen LogP contribution in [0.2, 0.25) is 0 Å². The second-order valence-electron chi connectivity index (χ2n) is 4.99. The maximum Gasteiger partial charge on any atom is 0.127 e. The lowest BCUT2D eigenvalue weighted by atomic mass is 10.0. The lowest BCUT2D eigenvalue weighted by molar-refractivity contribution is 0.325. The van der Waals surface area contributed by atoms with Crippen LogP contribution in [0.1, 0.15) is 43.7 Å². The molecule has 1 aromatic carbocycles. The van der Waals surface area contributed by atoms with E-state index in [-0.39, 0.29) is 5.82 Å².